The number of aromatic nitrogens is 2. The summed E-state index contributed by atoms with van der Waals surface area (Å²) in [6.07, 6.45) is -0.0322. The quantitative estimate of drug-likeness (QED) is 0.439. The van der Waals surface area contributed by atoms with Crippen molar-refractivity contribution < 1.29 is 43.7 Å². The van der Waals surface area contributed by atoms with Gasteiger partial charge in [-0.05, 0) is 43.4 Å². The van der Waals surface area contributed by atoms with Crippen LogP contribution in [0.2, 0.25) is 0 Å². The highest BCUT2D eigenvalue weighted by molar-refractivity contribution is 6.24. The van der Waals surface area contributed by atoms with Crippen LogP contribution in [0, 0.1) is 17.6 Å². The number of benzene rings is 1. The summed E-state index contributed by atoms with van der Waals surface area (Å²) in [5.41, 5.74) is 1.47. The molecule has 0 bridgehead atoms. The Balaban J connectivity index is 1.30. The fourth-order valence-corrected chi connectivity index (χ4v) is 5.45. The molecule has 13 nitrogen and oxygen atoms in total. The largest absolute Gasteiger partial charge is 0.364 e. The Morgan fingerprint density at radius 2 is 1.72 bits per heavy atom. The van der Waals surface area contributed by atoms with Crippen molar-refractivity contribution in [3.63, 3.8) is 0 Å². The van der Waals surface area contributed by atoms with Crippen LogP contribution in [0.3, 0.4) is 0 Å². The number of nitrogens with zero attached hydrogens (tertiary/aromatic N) is 6. The maximum absolute atomic E-state index is 16.4. The zero-order valence-corrected chi connectivity index (χ0v) is 22.4. The predicted octanol–water partition coefficient (Wildman–Crippen LogP) is 0.294. The number of primary amides is 1. The molecule has 1 aromatic heterocycles. The standard InChI is InChI=1S/C28H30F2N8O5/c29-17-13-16-22(28(43)38(27(16)42)19-2-4-21(39)32-26(19)41)23(30)24(17)37-11-9-35(10-12-37)14-15-5-7-36(8-6-15)20-3-1-18(25(31)40)33-34-20/h1,3,13,15,19H,2,4-12,14H2,(H2,31,40)(H,32,39,41)/i9D2,10D2,11D2,12D2. The molecule has 3 saturated heterocycles. The Morgan fingerprint density at radius 1 is 1.00 bits per heavy atom. The fraction of sp³-hybridized carbons (Fsp3) is 0.464. The molecule has 43 heavy (non-hydrogen) atoms. The maximum atomic E-state index is 16.4. The summed E-state index contributed by atoms with van der Waals surface area (Å²) in [6.45, 7) is -14.3. The van der Waals surface area contributed by atoms with Gasteiger partial charge in [0.1, 0.15) is 17.5 Å². The minimum absolute atomic E-state index is 0.0466. The molecule has 0 saturated carbocycles. The molecule has 1 atom stereocenters. The van der Waals surface area contributed by atoms with Crippen molar-refractivity contribution in [2.75, 3.05) is 55.4 Å². The molecule has 1 aromatic carbocycles. The molecule has 0 radical (unpaired) electrons. The highest BCUT2D eigenvalue weighted by Crippen LogP contribution is 2.36. The first kappa shape index (κ1) is 20.4. The second-order valence-corrected chi connectivity index (χ2v) is 10.4. The monoisotopic (exact) mass is 604 g/mol. The van der Waals surface area contributed by atoms with Gasteiger partial charge in [0, 0.05) is 57.5 Å². The number of piperazine rings is 1. The van der Waals surface area contributed by atoms with Crippen LogP contribution in [0.1, 0.15) is 67.9 Å². The lowest BCUT2D eigenvalue weighted by atomic mass is 9.96. The summed E-state index contributed by atoms with van der Waals surface area (Å²) >= 11 is 0. The average Bonchev–Trinajstić information content (AvgIpc) is 3.29. The predicted molar refractivity (Wildman–Crippen MR) is 147 cm³/mol. The molecule has 4 aliphatic rings. The Kier molecular flexibility index (Phi) is 5.35. The third-order valence-corrected chi connectivity index (χ3v) is 7.70. The van der Waals surface area contributed by atoms with Gasteiger partial charge in [-0.25, -0.2) is 8.78 Å². The van der Waals surface area contributed by atoms with Crippen LogP contribution in [0.5, 0.6) is 0 Å². The van der Waals surface area contributed by atoms with Gasteiger partial charge in [-0.1, -0.05) is 0 Å². The summed E-state index contributed by atoms with van der Waals surface area (Å²) < 4.78 is 102. The molecule has 3 fully saturated rings. The number of piperidine rings is 2. The van der Waals surface area contributed by atoms with Crippen LogP contribution in [0.15, 0.2) is 18.2 Å². The Bertz CT molecular complexity index is 1830. The molecule has 6 rings (SSSR count). The molecule has 0 spiro atoms. The number of fused-ring (bicyclic) bond motifs is 1. The number of carbonyl (C=O) groups is 5. The zero-order valence-electron chi connectivity index (χ0n) is 30.4. The number of halogens is 2. The van der Waals surface area contributed by atoms with Crippen molar-refractivity contribution in [1.82, 2.24) is 25.3 Å². The molecule has 4 aliphatic heterocycles. The second-order valence-electron chi connectivity index (χ2n) is 10.4. The molecule has 0 aliphatic carbocycles. The van der Waals surface area contributed by atoms with Crippen molar-refractivity contribution in [2.45, 2.75) is 31.7 Å². The molecule has 1 unspecified atom stereocenters. The van der Waals surface area contributed by atoms with Crippen molar-refractivity contribution >= 4 is 41.0 Å². The van der Waals surface area contributed by atoms with E-state index in [0.717, 1.165) is 0 Å². The number of imide groups is 2. The van der Waals surface area contributed by atoms with Crippen molar-refractivity contribution in [3.05, 3.63) is 46.7 Å². The molecule has 2 aromatic rings. The molecular weight excluding hydrogens is 566 g/mol. The summed E-state index contributed by atoms with van der Waals surface area (Å²) in [6, 6.07) is 1.66. The normalized spacial score (nSPS) is 29.3. The molecule has 5 amide bonds. The minimum Gasteiger partial charge on any atom is -0.364 e. The molecule has 226 valence electrons. The molecular formula is C28H30F2N8O5. The van der Waals surface area contributed by atoms with Gasteiger partial charge in [0.25, 0.3) is 17.7 Å². The van der Waals surface area contributed by atoms with E-state index in [-0.39, 0.29) is 36.3 Å². The van der Waals surface area contributed by atoms with Crippen molar-refractivity contribution in [3.8, 4) is 0 Å². The number of amides is 5. The van der Waals surface area contributed by atoms with Crippen molar-refractivity contribution in [1.29, 1.82) is 0 Å². The number of carbonyl (C=O) groups excluding carboxylic acids is 5. The van der Waals surface area contributed by atoms with Gasteiger partial charge in [0.05, 0.1) is 16.6 Å². The minimum atomic E-state index is -3.72. The van der Waals surface area contributed by atoms with E-state index in [1.165, 1.54) is 12.1 Å². The Hall–Kier alpha value is -4.53. The van der Waals surface area contributed by atoms with Gasteiger partial charge >= 0.3 is 0 Å². The zero-order chi connectivity index (χ0) is 37.6. The first-order valence-electron chi connectivity index (χ1n) is 17.3. The van der Waals surface area contributed by atoms with Gasteiger partial charge in [-0.2, -0.15) is 0 Å². The molecule has 3 N–H and O–H groups in total. The third kappa shape index (κ3) is 5.28. The van der Waals surface area contributed by atoms with Gasteiger partial charge in [-0.3, -0.25) is 39.1 Å². The van der Waals surface area contributed by atoms with E-state index < -0.39 is 102 Å². The second kappa shape index (κ2) is 11.3. The SMILES string of the molecule is [2H]C1([2H])N(CC2CCN(c3ccc(C(N)=O)nn3)CC2)C([2H])([2H])C([2H])([2H])N(c2c(F)cc3c(c2F)C(=O)N(C2CCC(=O)NC2=O)C3=O)C1([2H])[2H]. The van der Waals surface area contributed by atoms with E-state index in [4.69, 9.17) is 16.7 Å². The van der Waals surface area contributed by atoms with Crippen molar-refractivity contribution in [2.24, 2.45) is 11.7 Å². The number of hydrogen-bond donors (Lipinski definition) is 2. The lowest BCUT2D eigenvalue weighted by Crippen LogP contribution is -2.54. The molecule has 15 heteroatoms. The topological polar surface area (TPSA) is 162 Å². The van der Waals surface area contributed by atoms with Crippen LogP contribution in [-0.4, -0.2) is 101 Å². The number of hydrogen-bond acceptors (Lipinski definition) is 10. The van der Waals surface area contributed by atoms with Gasteiger partial charge < -0.3 is 15.5 Å². The number of anilines is 2. The lowest BCUT2D eigenvalue weighted by molar-refractivity contribution is -0.136. The maximum Gasteiger partial charge on any atom is 0.269 e. The summed E-state index contributed by atoms with van der Waals surface area (Å²) in [5, 5.41) is 9.67. The number of nitrogens with one attached hydrogen (secondary N) is 1. The molecule has 5 heterocycles. The van der Waals surface area contributed by atoms with Gasteiger partial charge in [0.15, 0.2) is 17.3 Å². The number of nitrogens with two attached hydrogens (primary N) is 1. The van der Waals surface area contributed by atoms with E-state index in [0.29, 0.717) is 34.8 Å². The van der Waals surface area contributed by atoms with Crippen LogP contribution in [0.25, 0.3) is 0 Å². The van der Waals surface area contributed by atoms with E-state index in [1.54, 1.807) is 4.90 Å². The first-order valence-corrected chi connectivity index (χ1v) is 13.3. The lowest BCUT2D eigenvalue weighted by Gasteiger charge is -2.40. The Labute approximate surface area is 256 Å². The van der Waals surface area contributed by atoms with E-state index >= 15 is 8.78 Å². The average molecular weight is 605 g/mol. The van der Waals surface area contributed by atoms with Crippen LogP contribution in [-0.2, 0) is 9.59 Å². The van der Waals surface area contributed by atoms with Crippen LogP contribution in [0.4, 0.5) is 20.3 Å². The fourth-order valence-electron chi connectivity index (χ4n) is 5.45. The van der Waals surface area contributed by atoms with Gasteiger partial charge in [0.2, 0.25) is 11.8 Å². The highest BCUT2D eigenvalue weighted by atomic mass is 19.1. The highest BCUT2D eigenvalue weighted by Gasteiger charge is 2.47. The summed E-state index contributed by atoms with van der Waals surface area (Å²) in [7, 11) is 0. The number of rotatable bonds is 6. The summed E-state index contributed by atoms with van der Waals surface area (Å²) in [4.78, 5) is 64.0. The summed E-state index contributed by atoms with van der Waals surface area (Å²) in [5.74, 6) is -9.15. The smallest absolute Gasteiger partial charge is 0.269 e. The van der Waals surface area contributed by atoms with E-state index in [2.05, 4.69) is 10.2 Å². The van der Waals surface area contributed by atoms with Crippen LogP contribution >= 0.6 is 0 Å². The Morgan fingerprint density at radius 3 is 2.35 bits per heavy atom. The van der Waals surface area contributed by atoms with Gasteiger partial charge in [-0.15, -0.1) is 10.2 Å². The van der Waals surface area contributed by atoms with Crippen LogP contribution < -0.4 is 20.9 Å². The van der Waals surface area contributed by atoms with E-state index in [9.17, 15) is 24.0 Å². The first-order chi connectivity index (χ1) is 23.6. The third-order valence-electron chi connectivity index (χ3n) is 7.70. The van der Waals surface area contributed by atoms with E-state index in [1.807, 2.05) is 5.32 Å².